The van der Waals surface area contributed by atoms with E-state index < -0.39 is 11.2 Å². The van der Waals surface area contributed by atoms with Gasteiger partial charge in [0.1, 0.15) is 0 Å². The van der Waals surface area contributed by atoms with Crippen LogP contribution in [0.4, 0.5) is 0 Å². The Morgan fingerprint density at radius 1 is 0.613 bits per heavy atom. The van der Waals surface area contributed by atoms with Crippen molar-refractivity contribution in [2.24, 2.45) is 0 Å². The standard InChI is InChI=1S/C28H30O2S/c29-27(17-9-7-15-25(27)23-11-3-1-4-12-23)19-21-31-22-20-28(30)18-10-8-16-26(28)24-13-5-2-6-14-24/h1-18,25-26,29-30H,19-22H2. The van der Waals surface area contributed by atoms with Crippen LogP contribution in [0.25, 0.3) is 0 Å². The SMILES string of the molecule is OC1(CCSCCC2(O)C=CC=CC2c2ccccc2)C=CC=CC1c1ccccc1. The van der Waals surface area contributed by atoms with E-state index in [1.807, 2.05) is 72.9 Å². The summed E-state index contributed by atoms with van der Waals surface area (Å²) in [6, 6.07) is 20.4. The minimum atomic E-state index is -0.875. The van der Waals surface area contributed by atoms with Crippen molar-refractivity contribution in [3.8, 4) is 0 Å². The van der Waals surface area contributed by atoms with Crippen molar-refractivity contribution in [2.45, 2.75) is 35.9 Å². The van der Waals surface area contributed by atoms with Crippen LogP contribution in [0.15, 0.2) is 109 Å². The van der Waals surface area contributed by atoms with E-state index in [0.29, 0.717) is 12.8 Å². The van der Waals surface area contributed by atoms with Crippen LogP contribution >= 0.6 is 11.8 Å². The molecule has 0 bridgehead atoms. The molecule has 0 fully saturated rings. The second kappa shape index (κ2) is 9.86. The van der Waals surface area contributed by atoms with Crippen LogP contribution < -0.4 is 0 Å². The van der Waals surface area contributed by atoms with Crippen molar-refractivity contribution in [1.82, 2.24) is 0 Å². The van der Waals surface area contributed by atoms with E-state index in [2.05, 4.69) is 36.4 Å². The minimum absolute atomic E-state index is 0.0302. The largest absolute Gasteiger partial charge is 0.385 e. The average Bonchev–Trinajstić information content (AvgIpc) is 2.80. The van der Waals surface area contributed by atoms with Gasteiger partial charge in [-0.05, 0) is 35.5 Å². The number of benzene rings is 2. The predicted molar refractivity (Wildman–Crippen MR) is 131 cm³/mol. The third kappa shape index (κ3) is 5.12. The molecule has 2 aliphatic carbocycles. The molecule has 0 radical (unpaired) electrons. The highest BCUT2D eigenvalue weighted by molar-refractivity contribution is 7.99. The highest BCUT2D eigenvalue weighted by atomic mass is 32.2. The molecule has 0 amide bonds. The van der Waals surface area contributed by atoms with E-state index >= 15 is 0 Å². The zero-order chi connectivity index (χ0) is 21.6. The minimum Gasteiger partial charge on any atom is -0.385 e. The summed E-state index contributed by atoms with van der Waals surface area (Å²) in [6.45, 7) is 0. The number of thioether (sulfide) groups is 1. The molecule has 2 aliphatic rings. The van der Waals surface area contributed by atoms with Crippen molar-refractivity contribution >= 4 is 11.8 Å². The molecular weight excluding hydrogens is 400 g/mol. The molecule has 0 spiro atoms. The molecule has 0 saturated carbocycles. The topological polar surface area (TPSA) is 40.5 Å². The Kier molecular flexibility index (Phi) is 6.96. The Balaban J connectivity index is 1.33. The van der Waals surface area contributed by atoms with Crippen LogP contribution in [-0.4, -0.2) is 32.9 Å². The number of rotatable bonds is 8. The molecule has 0 aliphatic heterocycles. The van der Waals surface area contributed by atoms with Crippen molar-refractivity contribution in [3.05, 3.63) is 120 Å². The Labute approximate surface area is 189 Å². The van der Waals surface area contributed by atoms with E-state index in [-0.39, 0.29) is 11.8 Å². The van der Waals surface area contributed by atoms with Crippen LogP contribution in [0, 0.1) is 0 Å². The summed E-state index contributed by atoms with van der Waals surface area (Å²) in [5, 5.41) is 22.7. The van der Waals surface area contributed by atoms with Gasteiger partial charge in [-0.15, -0.1) is 0 Å². The Hall–Kier alpha value is -2.33. The first-order chi connectivity index (χ1) is 15.1. The van der Waals surface area contributed by atoms with E-state index in [1.54, 1.807) is 11.8 Å². The molecule has 2 aromatic carbocycles. The summed E-state index contributed by atoms with van der Waals surface area (Å²) in [6.07, 6.45) is 17.3. The first kappa shape index (κ1) is 21.9. The molecule has 2 aromatic rings. The fraction of sp³-hybridized carbons (Fsp3) is 0.286. The smallest absolute Gasteiger partial charge is 0.0941 e. The quantitative estimate of drug-likeness (QED) is 0.522. The number of aliphatic hydroxyl groups is 2. The lowest BCUT2D eigenvalue weighted by Gasteiger charge is -2.35. The molecule has 4 unspecified atom stereocenters. The zero-order valence-corrected chi connectivity index (χ0v) is 18.5. The average molecular weight is 431 g/mol. The second-order valence-electron chi connectivity index (χ2n) is 8.36. The number of allylic oxidation sites excluding steroid dienone is 4. The Morgan fingerprint density at radius 2 is 1.03 bits per heavy atom. The van der Waals surface area contributed by atoms with E-state index in [1.165, 1.54) is 0 Å². The summed E-state index contributed by atoms with van der Waals surface area (Å²) < 4.78 is 0. The van der Waals surface area contributed by atoms with Gasteiger partial charge in [-0.2, -0.15) is 11.8 Å². The van der Waals surface area contributed by atoms with Crippen molar-refractivity contribution in [2.75, 3.05) is 11.5 Å². The van der Waals surface area contributed by atoms with Crippen LogP contribution in [0.3, 0.4) is 0 Å². The van der Waals surface area contributed by atoms with E-state index in [4.69, 9.17) is 0 Å². The molecule has 0 heterocycles. The first-order valence-electron chi connectivity index (χ1n) is 11.0. The molecule has 4 rings (SSSR count). The van der Waals surface area contributed by atoms with Crippen LogP contribution in [0.5, 0.6) is 0 Å². The fourth-order valence-electron chi connectivity index (χ4n) is 4.51. The lowest BCUT2D eigenvalue weighted by Crippen LogP contribution is -2.36. The highest BCUT2D eigenvalue weighted by Crippen LogP contribution is 2.39. The van der Waals surface area contributed by atoms with Gasteiger partial charge < -0.3 is 10.2 Å². The first-order valence-corrected chi connectivity index (χ1v) is 12.1. The van der Waals surface area contributed by atoms with Crippen molar-refractivity contribution in [1.29, 1.82) is 0 Å². The van der Waals surface area contributed by atoms with Gasteiger partial charge in [0.2, 0.25) is 0 Å². The third-order valence-corrected chi connectivity index (χ3v) is 7.27. The molecule has 3 heteroatoms. The maximum absolute atomic E-state index is 11.4. The monoisotopic (exact) mass is 430 g/mol. The van der Waals surface area contributed by atoms with Gasteiger partial charge in [0, 0.05) is 11.8 Å². The van der Waals surface area contributed by atoms with Gasteiger partial charge in [-0.3, -0.25) is 0 Å². The van der Waals surface area contributed by atoms with Gasteiger partial charge in [-0.25, -0.2) is 0 Å². The molecule has 2 nitrogen and oxygen atoms in total. The van der Waals surface area contributed by atoms with Crippen molar-refractivity contribution < 1.29 is 10.2 Å². The molecule has 2 N–H and O–H groups in total. The number of hydrogen-bond donors (Lipinski definition) is 2. The normalized spacial score (nSPS) is 29.4. The third-order valence-electron chi connectivity index (χ3n) is 6.29. The molecular formula is C28H30O2S. The molecule has 0 saturated heterocycles. The summed E-state index contributed by atoms with van der Waals surface area (Å²) in [5.74, 6) is 1.61. The van der Waals surface area contributed by atoms with Crippen LogP contribution in [0.2, 0.25) is 0 Å². The fourth-order valence-corrected chi connectivity index (χ4v) is 5.65. The molecule has 160 valence electrons. The molecule has 4 atom stereocenters. The molecule has 31 heavy (non-hydrogen) atoms. The summed E-state index contributed by atoms with van der Waals surface area (Å²) in [7, 11) is 0. The predicted octanol–water partition coefficient (Wildman–Crippen LogP) is 5.78. The van der Waals surface area contributed by atoms with Gasteiger partial charge in [0.25, 0.3) is 0 Å². The molecule has 0 aromatic heterocycles. The van der Waals surface area contributed by atoms with Gasteiger partial charge in [0.05, 0.1) is 11.2 Å². The lowest BCUT2D eigenvalue weighted by atomic mass is 9.77. The maximum atomic E-state index is 11.4. The van der Waals surface area contributed by atoms with Crippen LogP contribution in [-0.2, 0) is 0 Å². The zero-order valence-electron chi connectivity index (χ0n) is 17.7. The number of hydrogen-bond acceptors (Lipinski definition) is 3. The second-order valence-corrected chi connectivity index (χ2v) is 9.58. The highest BCUT2D eigenvalue weighted by Gasteiger charge is 2.36. The maximum Gasteiger partial charge on any atom is 0.0941 e. The van der Waals surface area contributed by atoms with E-state index in [0.717, 1.165) is 22.6 Å². The van der Waals surface area contributed by atoms with Crippen LogP contribution in [0.1, 0.15) is 35.8 Å². The summed E-state index contributed by atoms with van der Waals surface area (Å²) in [5.41, 5.74) is 0.518. The Morgan fingerprint density at radius 3 is 1.45 bits per heavy atom. The van der Waals surface area contributed by atoms with Gasteiger partial charge in [-0.1, -0.05) is 109 Å². The van der Waals surface area contributed by atoms with Crippen molar-refractivity contribution in [3.63, 3.8) is 0 Å². The van der Waals surface area contributed by atoms with Gasteiger partial charge >= 0.3 is 0 Å². The lowest BCUT2D eigenvalue weighted by molar-refractivity contribution is 0.0705. The summed E-state index contributed by atoms with van der Waals surface area (Å²) in [4.78, 5) is 0. The van der Waals surface area contributed by atoms with E-state index in [9.17, 15) is 10.2 Å². The Bertz CT molecular complexity index is 884. The summed E-state index contributed by atoms with van der Waals surface area (Å²) >= 11 is 1.80. The van der Waals surface area contributed by atoms with Gasteiger partial charge in [0.15, 0.2) is 0 Å².